The fraction of sp³-hybridized carbons (Fsp3) is 0.875. The first kappa shape index (κ1) is 8.94. The van der Waals surface area contributed by atoms with Gasteiger partial charge in [-0.15, -0.1) is 0 Å². The average molecular weight is 172 g/mol. The summed E-state index contributed by atoms with van der Waals surface area (Å²) in [4.78, 5) is 11.3. The third-order valence-electron chi connectivity index (χ3n) is 2.57. The largest absolute Gasteiger partial charge is 0.372 e. The van der Waals surface area contributed by atoms with E-state index >= 15 is 0 Å². The van der Waals surface area contributed by atoms with Gasteiger partial charge < -0.3 is 4.74 Å². The summed E-state index contributed by atoms with van der Waals surface area (Å²) in [6.07, 6.45) is 3.27. The monoisotopic (exact) mass is 172 g/mol. The molecule has 0 aliphatic carbocycles. The second-order valence-electron chi connectivity index (χ2n) is 3.21. The Balaban J connectivity index is 2.64. The van der Waals surface area contributed by atoms with Gasteiger partial charge in [0.25, 0.3) is 0 Å². The fourth-order valence-corrected chi connectivity index (χ4v) is 3.11. The zero-order valence-corrected chi connectivity index (χ0v) is 8.77. The molecule has 1 aliphatic rings. The second kappa shape index (κ2) is 3.50. The predicted octanol–water partition coefficient (Wildman–Crippen LogP) is 0.689. The molecule has 0 spiro atoms. The molecule has 0 N–H and O–H groups in total. The Morgan fingerprint density at radius 1 is 1.55 bits per heavy atom. The van der Waals surface area contributed by atoms with Crippen LogP contribution in [0.5, 0.6) is 0 Å². The highest BCUT2D eigenvalue weighted by atomic mass is 28.2. The standard InChI is InChI=1S/C8H16O2Si/c1-7(9)8(11-2)5-3-4-6-10-8/h3-6,11H2,1-2H3. The third-order valence-corrected chi connectivity index (χ3v) is 4.76. The van der Waals surface area contributed by atoms with Crippen LogP contribution in [0.3, 0.4) is 0 Å². The molecule has 1 fully saturated rings. The Morgan fingerprint density at radius 3 is 2.55 bits per heavy atom. The quantitative estimate of drug-likeness (QED) is 0.573. The molecule has 0 aromatic carbocycles. The average Bonchev–Trinajstić information content (AvgIpc) is 2.05. The van der Waals surface area contributed by atoms with Crippen LogP contribution in [0.25, 0.3) is 0 Å². The van der Waals surface area contributed by atoms with E-state index in [1.54, 1.807) is 6.92 Å². The van der Waals surface area contributed by atoms with Gasteiger partial charge in [0.15, 0.2) is 5.78 Å². The van der Waals surface area contributed by atoms with E-state index in [9.17, 15) is 4.79 Å². The van der Waals surface area contributed by atoms with Crippen LogP contribution < -0.4 is 0 Å². The molecular formula is C8H16O2Si. The maximum Gasteiger partial charge on any atom is 0.157 e. The number of ether oxygens (including phenoxy) is 1. The summed E-state index contributed by atoms with van der Waals surface area (Å²) in [5, 5.41) is -0.280. The van der Waals surface area contributed by atoms with Crippen LogP contribution in [0.4, 0.5) is 0 Å². The molecule has 0 aromatic rings. The van der Waals surface area contributed by atoms with Crippen LogP contribution >= 0.6 is 0 Å². The van der Waals surface area contributed by atoms with E-state index in [4.69, 9.17) is 4.74 Å². The van der Waals surface area contributed by atoms with Crippen molar-refractivity contribution in [3.63, 3.8) is 0 Å². The van der Waals surface area contributed by atoms with Gasteiger partial charge in [-0.1, -0.05) is 6.55 Å². The molecular weight excluding hydrogens is 156 g/mol. The summed E-state index contributed by atoms with van der Waals surface area (Å²) in [5.41, 5.74) is 0. The van der Waals surface area contributed by atoms with E-state index in [1.165, 1.54) is 6.42 Å². The molecule has 3 heteroatoms. The number of hydrogen-bond acceptors (Lipinski definition) is 2. The second-order valence-corrected chi connectivity index (χ2v) is 5.06. The summed E-state index contributed by atoms with van der Waals surface area (Å²) in [6.45, 7) is 4.62. The molecule has 2 nitrogen and oxygen atoms in total. The lowest BCUT2D eigenvalue weighted by Gasteiger charge is -2.34. The van der Waals surface area contributed by atoms with Crippen LogP contribution in [-0.2, 0) is 9.53 Å². The molecule has 1 saturated heterocycles. The molecule has 1 atom stereocenters. The molecule has 0 amide bonds. The van der Waals surface area contributed by atoms with Crippen molar-refractivity contribution in [2.24, 2.45) is 0 Å². The molecule has 0 radical (unpaired) electrons. The third kappa shape index (κ3) is 1.71. The molecule has 11 heavy (non-hydrogen) atoms. The van der Waals surface area contributed by atoms with E-state index in [1.807, 2.05) is 0 Å². The highest BCUT2D eigenvalue weighted by Gasteiger charge is 2.35. The Bertz CT molecular complexity index is 150. The molecule has 1 aliphatic heterocycles. The van der Waals surface area contributed by atoms with Gasteiger partial charge >= 0.3 is 0 Å². The Labute approximate surface area is 70.1 Å². The highest BCUT2D eigenvalue weighted by molar-refractivity contribution is 6.45. The molecule has 1 rings (SSSR count). The summed E-state index contributed by atoms with van der Waals surface area (Å²) in [7, 11) is -0.358. The lowest BCUT2D eigenvalue weighted by atomic mass is 10.1. The SMILES string of the molecule is C[SiH2]C1(C(C)=O)CCCCO1. The zero-order valence-electron chi connectivity index (χ0n) is 7.35. The van der Waals surface area contributed by atoms with Gasteiger partial charge in [-0.25, -0.2) is 0 Å². The van der Waals surface area contributed by atoms with Crippen molar-refractivity contribution < 1.29 is 9.53 Å². The summed E-state index contributed by atoms with van der Waals surface area (Å²) >= 11 is 0. The summed E-state index contributed by atoms with van der Waals surface area (Å²) < 4.78 is 5.59. The van der Waals surface area contributed by atoms with Crippen molar-refractivity contribution in [1.29, 1.82) is 0 Å². The molecule has 1 heterocycles. The van der Waals surface area contributed by atoms with Crippen molar-refractivity contribution in [1.82, 2.24) is 0 Å². The van der Waals surface area contributed by atoms with E-state index in [2.05, 4.69) is 6.55 Å². The maximum atomic E-state index is 11.3. The smallest absolute Gasteiger partial charge is 0.157 e. The van der Waals surface area contributed by atoms with Gasteiger partial charge in [0.1, 0.15) is 5.22 Å². The van der Waals surface area contributed by atoms with E-state index in [-0.39, 0.29) is 20.5 Å². The minimum atomic E-state index is -0.358. The van der Waals surface area contributed by atoms with Gasteiger partial charge in [-0.3, -0.25) is 4.79 Å². The zero-order chi connectivity index (χ0) is 8.32. The molecule has 0 saturated carbocycles. The number of Topliss-reactive ketones (excluding diaryl/α,β-unsaturated/α-hetero) is 1. The first-order chi connectivity index (χ1) is 5.21. The van der Waals surface area contributed by atoms with E-state index in [0.717, 1.165) is 19.4 Å². The van der Waals surface area contributed by atoms with Crippen LogP contribution in [0, 0.1) is 0 Å². The van der Waals surface area contributed by atoms with Crippen molar-refractivity contribution in [3.8, 4) is 0 Å². The number of carbonyl (C=O) groups is 1. The van der Waals surface area contributed by atoms with Gasteiger partial charge in [0.05, 0.1) is 9.52 Å². The van der Waals surface area contributed by atoms with Crippen LogP contribution in [0.2, 0.25) is 6.55 Å². The maximum absolute atomic E-state index is 11.3. The predicted molar refractivity (Wildman–Crippen MR) is 47.6 cm³/mol. The van der Waals surface area contributed by atoms with Gasteiger partial charge in [-0.05, 0) is 26.2 Å². The number of carbonyl (C=O) groups excluding carboxylic acids is 1. The first-order valence-corrected chi connectivity index (χ1v) is 6.48. The van der Waals surface area contributed by atoms with Gasteiger partial charge in [0.2, 0.25) is 0 Å². The Kier molecular flexibility index (Phi) is 2.84. The van der Waals surface area contributed by atoms with E-state index < -0.39 is 0 Å². The molecule has 1 unspecified atom stereocenters. The van der Waals surface area contributed by atoms with Crippen LogP contribution in [0.1, 0.15) is 26.2 Å². The van der Waals surface area contributed by atoms with Gasteiger partial charge in [0, 0.05) is 6.61 Å². The molecule has 0 bridgehead atoms. The number of hydrogen-bond donors (Lipinski definition) is 0. The molecule has 64 valence electrons. The van der Waals surface area contributed by atoms with Gasteiger partial charge in [-0.2, -0.15) is 0 Å². The summed E-state index contributed by atoms with van der Waals surface area (Å²) in [6, 6.07) is 0. The van der Waals surface area contributed by atoms with Crippen LogP contribution in [0.15, 0.2) is 0 Å². The van der Waals surface area contributed by atoms with Crippen molar-refractivity contribution in [2.45, 2.75) is 38.0 Å². The van der Waals surface area contributed by atoms with Crippen molar-refractivity contribution in [2.75, 3.05) is 6.61 Å². The summed E-state index contributed by atoms with van der Waals surface area (Å²) in [5.74, 6) is 0.256. The first-order valence-electron chi connectivity index (χ1n) is 4.36. The van der Waals surface area contributed by atoms with Crippen LogP contribution in [-0.4, -0.2) is 27.1 Å². The number of ketones is 1. The lowest BCUT2D eigenvalue weighted by molar-refractivity contribution is -0.136. The minimum absolute atomic E-state index is 0.256. The highest BCUT2D eigenvalue weighted by Crippen LogP contribution is 2.24. The number of rotatable bonds is 2. The lowest BCUT2D eigenvalue weighted by Crippen LogP contribution is -2.47. The Morgan fingerprint density at radius 2 is 2.27 bits per heavy atom. The molecule has 0 aromatic heterocycles. The topological polar surface area (TPSA) is 26.3 Å². The van der Waals surface area contributed by atoms with Crippen molar-refractivity contribution >= 4 is 15.3 Å². The normalized spacial score (nSPS) is 32.9. The fourth-order valence-electron chi connectivity index (χ4n) is 1.66. The van der Waals surface area contributed by atoms with Crippen molar-refractivity contribution in [3.05, 3.63) is 0 Å². The van der Waals surface area contributed by atoms with E-state index in [0.29, 0.717) is 0 Å². The minimum Gasteiger partial charge on any atom is -0.372 e. The Hall–Kier alpha value is -0.153.